The summed E-state index contributed by atoms with van der Waals surface area (Å²) in [6.45, 7) is 10.7. The summed E-state index contributed by atoms with van der Waals surface area (Å²) in [5.41, 5.74) is -0.0622. The van der Waals surface area contributed by atoms with Crippen LogP contribution in [0, 0.1) is 0 Å². The molecule has 0 unspecified atom stereocenters. The number of amides is 1. The number of likely N-dealkylation sites (tertiary alicyclic amines) is 1. The van der Waals surface area contributed by atoms with Crippen molar-refractivity contribution in [2.45, 2.75) is 38.8 Å². The maximum Gasteiger partial charge on any atom is 0.222 e. The second-order valence-corrected chi connectivity index (χ2v) is 5.20. The molecule has 0 atom stereocenters. The van der Waals surface area contributed by atoms with Gasteiger partial charge in [0.25, 0.3) is 0 Å². The van der Waals surface area contributed by atoms with Gasteiger partial charge in [-0.25, -0.2) is 0 Å². The lowest BCUT2D eigenvalue weighted by molar-refractivity contribution is -0.194. The Morgan fingerprint density at radius 1 is 1.38 bits per heavy atom. The van der Waals surface area contributed by atoms with Gasteiger partial charge in [0.15, 0.2) is 0 Å². The second kappa shape index (κ2) is 4.34. The van der Waals surface area contributed by atoms with E-state index in [0.29, 0.717) is 12.5 Å². The largest absolute Gasteiger partial charge is 0.369 e. The van der Waals surface area contributed by atoms with E-state index in [1.165, 1.54) is 0 Å². The second-order valence-electron chi connectivity index (χ2n) is 5.20. The number of nitrogens with zero attached hydrogens (tertiary/aromatic N) is 2. The summed E-state index contributed by atoms with van der Waals surface area (Å²) in [5, 5.41) is 0. The quantitative estimate of drug-likeness (QED) is 0.695. The van der Waals surface area contributed by atoms with Crippen molar-refractivity contribution < 1.29 is 9.53 Å². The third kappa shape index (κ3) is 2.09. The highest BCUT2D eigenvalue weighted by molar-refractivity contribution is 5.77. The molecule has 2 saturated heterocycles. The molecule has 2 fully saturated rings. The number of ether oxygens (including phenoxy) is 1. The van der Waals surface area contributed by atoms with E-state index in [0.717, 1.165) is 32.8 Å². The van der Waals surface area contributed by atoms with E-state index in [9.17, 15) is 4.79 Å². The van der Waals surface area contributed by atoms with Crippen molar-refractivity contribution in [3.63, 3.8) is 0 Å². The molecule has 2 heterocycles. The molecule has 0 saturated carbocycles. The minimum Gasteiger partial charge on any atom is -0.369 e. The molecule has 0 aliphatic carbocycles. The van der Waals surface area contributed by atoms with Crippen molar-refractivity contribution in [2.75, 3.05) is 32.8 Å². The van der Waals surface area contributed by atoms with Crippen LogP contribution in [0.2, 0.25) is 0 Å². The number of carbonyl (C=O) groups excluding carboxylic acids is 1. The van der Waals surface area contributed by atoms with Gasteiger partial charge >= 0.3 is 0 Å². The van der Waals surface area contributed by atoms with Crippen LogP contribution >= 0.6 is 0 Å². The first-order valence-corrected chi connectivity index (χ1v) is 6.22. The normalized spacial score (nSPS) is 24.9. The van der Waals surface area contributed by atoms with Crippen LogP contribution in [0.15, 0.2) is 0 Å². The maximum absolute atomic E-state index is 11.5. The highest BCUT2D eigenvalue weighted by Crippen LogP contribution is 2.30. The van der Waals surface area contributed by atoms with Crippen LogP contribution in [-0.4, -0.2) is 60.1 Å². The molecular formula is C12H22N2O2. The Balaban J connectivity index is 1.89. The van der Waals surface area contributed by atoms with Crippen molar-refractivity contribution in [1.29, 1.82) is 0 Å². The monoisotopic (exact) mass is 226 g/mol. The van der Waals surface area contributed by atoms with E-state index in [1.807, 2.05) is 11.8 Å². The molecule has 16 heavy (non-hydrogen) atoms. The number of hydrogen-bond acceptors (Lipinski definition) is 3. The Morgan fingerprint density at radius 3 is 2.62 bits per heavy atom. The fourth-order valence-corrected chi connectivity index (χ4v) is 2.56. The van der Waals surface area contributed by atoms with Gasteiger partial charge in [-0.2, -0.15) is 0 Å². The van der Waals surface area contributed by atoms with E-state index < -0.39 is 0 Å². The highest BCUT2D eigenvalue weighted by atomic mass is 16.5. The maximum atomic E-state index is 11.5. The van der Waals surface area contributed by atoms with Crippen LogP contribution in [0.5, 0.6) is 0 Å². The predicted octanol–water partition coefficient (Wildman–Crippen LogP) is 0.718. The first-order chi connectivity index (χ1) is 7.56. The van der Waals surface area contributed by atoms with E-state index in [1.54, 1.807) is 0 Å². The minimum atomic E-state index is -0.0622. The third-order valence-electron chi connectivity index (χ3n) is 3.62. The first-order valence-electron chi connectivity index (χ1n) is 6.22. The van der Waals surface area contributed by atoms with Gasteiger partial charge in [-0.15, -0.1) is 0 Å². The van der Waals surface area contributed by atoms with Gasteiger partial charge in [0.2, 0.25) is 5.91 Å². The van der Waals surface area contributed by atoms with Gasteiger partial charge in [-0.3, -0.25) is 9.69 Å². The van der Waals surface area contributed by atoms with Gasteiger partial charge in [0.1, 0.15) is 5.60 Å². The Morgan fingerprint density at radius 2 is 2.06 bits per heavy atom. The molecule has 2 rings (SSSR count). The SMILES string of the molecule is CCC(=O)N1CC2(C1)CN(C(C)C)CCO2. The number of morpholine rings is 1. The van der Waals surface area contributed by atoms with Crippen LogP contribution in [0.1, 0.15) is 27.2 Å². The van der Waals surface area contributed by atoms with Crippen LogP contribution in [0.25, 0.3) is 0 Å². The van der Waals surface area contributed by atoms with E-state index >= 15 is 0 Å². The summed E-state index contributed by atoms with van der Waals surface area (Å²) >= 11 is 0. The summed E-state index contributed by atoms with van der Waals surface area (Å²) in [6.07, 6.45) is 0.601. The van der Waals surface area contributed by atoms with Gasteiger partial charge in [0.05, 0.1) is 19.7 Å². The van der Waals surface area contributed by atoms with Crippen LogP contribution in [-0.2, 0) is 9.53 Å². The van der Waals surface area contributed by atoms with Gasteiger partial charge in [-0.05, 0) is 13.8 Å². The smallest absolute Gasteiger partial charge is 0.222 e. The molecule has 0 N–H and O–H groups in total. The van der Waals surface area contributed by atoms with Crippen molar-refractivity contribution in [2.24, 2.45) is 0 Å². The molecular weight excluding hydrogens is 204 g/mol. The van der Waals surface area contributed by atoms with Gasteiger partial charge in [-0.1, -0.05) is 6.92 Å². The van der Waals surface area contributed by atoms with Crippen LogP contribution in [0.4, 0.5) is 0 Å². The molecule has 4 heteroatoms. The summed E-state index contributed by atoms with van der Waals surface area (Å²) in [7, 11) is 0. The van der Waals surface area contributed by atoms with Crippen molar-refractivity contribution in [3.05, 3.63) is 0 Å². The van der Waals surface area contributed by atoms with Crippen LogP contribution < -0.4 is 0 Å². The summed E-state index contributed by atoms with van der Waals surface area (Å²) in [5.74, 6) is 0.246. The lowest BCUT2D eigenvalue weighted by Crippen LogP contribution is -2.71. The molecule has 0 radical (unpaired) electrons. The Hall–Kier alpha value is -0.610. The minimum absolute atomic E-state index is 0.0622. The molecule has 0 aromatic heterocycles. The average Bonchev–Trinajstić information content (AvgIpc) is 2.24. The molecule has 2 aliphatic rings. The fraction of sp³-hybridized carbons (Fsp3) is 0.917. The molecule has 1 amide bonds. The van der Waals surface area contributed by atoms with Crippen molar-refractivity contribution in [3.8, 4) is 0 Å². The lowest BCUT2D eigenvalue weighted by Gasteiger charge is -2.54. The molecule has 0 aromatic carbocycles. The lowest BCUT2D eigenvalue weighted by atomic mass is 9.91. The molecule has 92 valence electrons. The standard InChI is InChI=1S/C12H22N2O2/c1-4-11(15)14-8-12(9-14)7-13(10(2)3)5-6-16-12/h10H,4-9H2,1-3H3. The average molecular weight is 226 g/mol. The van der Waals surface area contributed by atoms with Gasteiger partial charge in [0, 0.05) is 25.6 Å². The topological polar surface area (TPSA) is 32.8 Å². The summed E-state index contributed by atoms with van der Waals surface area (Å²) in [4.78, 5) is 15.8. The van der Waals surface area contributed by atoms with Gasteiger partial charge < -0.3 is 9.64 Å². The zero-order chi connectivity index (χ0) is 11.8. The first kappa shape index (κ1) is 11.9. The van der Waals surface area contributed by atoms with E-state index in [4.69, 9.17) is 4.74 Å². The zero-order valence-corrected chi connectivity index (χ0v) is 10.5. The molecule has 1 spiro atoms. The Labute approximate surface area is 97.5 Å². The molecule has 0 aromatic rings. The summed E-state index contributed by atoms with van der Waals surface area (Å²) < 4.78 is 5.87. The number of hydrogen-bond donors (Lipinski definition) is 0. The Bertz CT molecular complexity index is 272. The van der Waals surface area contributed by atoms with E-state index in [-0.39, 0.29) is 11.5 Å². The summed E-state index contributed by atoms with van der Waals surface area (Å²) in [6, 6.07) is 0.566. The molecule has 2 aliphatic heterocycles. The number of rotatable bonds is 2. The molecule has 4 nitrogen and oxygen atoms in total. The Kier molecular flexibility index (Phi) is 3.22. The number of carbonyl (C=O) groups is 1. The highest BCUT2D eigenvalue weighted by Gasteiger charge is 2.48. The predicted molar refractivity (Wildman–Crippen MR) is 62.3 cm³/mol. The third-order valence-corrected chi connectivity index (χ3v) is 3.62. The zero-order valence-electron chi connectivity index (χ0n) is 10.5. The van der Waals surface area contributed by atoms with Crippen molar-refractivity contribution in [1.82, 2.24) is 9.80 Å². The van der Waals surface area contributed by atoms with Crippen molar-refractivity contribution >= 4 is 5.91 Å². The van der Waals surface area contributed by atoms with E-state index in [2.05, 4.69) is 18.7 Å². The molecule has 0 bridgehead atoms. The van der Waals surface area contributed by atoms with Crippen LogP contribution in [0.3, 0.4) is 0 Å². The fourth-order valence-electron chi connectivity index (χ4n) is 2.56.